The molecule has 88 valence electrons. The molecule has 0 aliphatic carbocycles. The van der Waals surface area contributed by atoms with Gasteiger partial charge in [0.05, 0.1) is 19.2 Å². The molecule has 6 heteroatoms. The van der Waals surface area contributed by atoms with Crippen molar-refractivity contribution in [3.8, 4) is 5.88 Å². The largest absolute Gasteiger partial charge is 0.480 e. The molecule has 0 aromatic carbocycles. The Kier molecular flexibility index (Phi) is 4.37. The van der Waals surface area contributed by atoms with Gasteiger partial charge in [-0.05, 0) is 13.0 Å². The molecule has 0 saturated heterocycles. The number of methoxy groups -OCH3 is 2. The van der Waals surface area contributed by atoms with Gasteiger partial charge in [-0.15, -0.1) is 0 Å². The minimum absolute atomic E-state index is 0.187. The summed E-state index contributed by atoms with van der Waals surface area (Å²) in [6.45, 7) is 2.59. The number of esters is 1. The van der Waals surface area contributed by atoms with E-state index in [0.29, 0.717) is 17.4 Å². The predicted molar refractivity (Wildman–Crippen MR) is 61.3 cm³/mol. The quantitative estimate of drug-likeness (QED) is 0.821. The Labute approximate surface area is 98.7 Å². The van der Waals surface area contributed by atoms with Crippen LogP contribution < -0.4 is 10.1 Å². The van der Waals surface area contributed by atoms with Crippen molar-refractivity contribution < 1.29 is 14.3 Å². The van der Waals surface area contributed by atoms with Crippen LogP contribution in [-0.4, -0.2) is 31.7 Å². The molecule has 0 spiro atoms. The van der Waals surface area contributed by atoms with Crippen LogP contribution >= 0.6 is 11.6 Å². The second-order valence-electron chi connectivity index (χ2n) is 2.90. The van der Waals surface area contributed by atoms with Gasteiger partial charge >= 0.3 is 5.97 Å². The fourth-order valence-corrected chi connectivity index (χ4v) is 1.39. The number of carbonyl (C=O) groups is 1. The van der Waals surface area contributed by atoms with Gasteiger partial charge < -0.3 is 14.8 Å². The van der Waals surface area contributed by atoms with Crippen LogP contribution in [0.4, 0.5) is 5.82 Å². The van der Waals surface area contributed by atoms with Crippen LogP contribution in [-0.2, 0) is 4.74 Å². The van der Waals surface area contributed by atoms with Crippen molar-refractivity contribution in [3.63, 3.8) is 0 Å². The lowest BCUT2D eigenvalue weighted by atomic mass is 10.2. The lowest BCUT2D eigenvalue weighted by Gasteiger charge is -2.10. The molecule has 0 fully saturated rings. The second kappa shape index (κ2) is 5.55. The van der Waals surface area contributed by atoms with E-state index in [4.69, 9.17) is 16.3 Å². The fraction of sp³-hybridized carbons (Fsp3) is 0.400. The molecule has 0 aliphatic rings. The summed E-state index contributed by atoms with van der Waals surface area (Å²) in [4.78, 5) is 15.5. The lowest BCUT2D eigenvalue weighted by molar-refractivity contribution is 0.0596. The number of carbonyl (C=O) groups excluding carboxylic acids is 1. The van der Waals surface area contributed by atoms with Crippen LogP contribution in [0.25, 0.3) is 0 Å². The molecule has 0 amide bonds. The molecule has 1 aromatic heterocycles. The van der Waals surface area contributed by atoms with Gasteiger partial charge in [0, 0.05) is 6.54 Å². The first-order valence-corrected chi connectivity index (χ1v) is 5.08. The Hall–Kier alpha value is -1.49. The maximum absolute atomic E-state index is 11.4. The van der Waals surface area contributed by atoms with Crippen LogP contribution in [0.2, 0.25) is 5.02 Å². The van der Waals surface area contributed by atoms with Gasteiger partial charge in [-0.3, -0.25) is 0 Å². The van der Waals surface area contributed by atoms with Crippen molar-refractivity contribution in [2.45, 2.75) is 6.92 Å². The first-order valence-electron chi connectivity index (χ1n) is 4.70. The average Bonchev–Trinajstić information content (AvgIpc) is 2.30. The van der Waals surface area contributed by atoms with Crippen molar-refractivity contribution in [1.82, 2.24) is 4.98 Å². The summed E-state index contributed by atoms with van der Waals surface area (Å²) in [5.74, 6) is 0.134. The zero-order valence-electron chi connectivity index (χ0n) is 9.33. The van der Waals surface area contributed by atoms with Crippen LogP contribution in [0, 0.1) is 0 Å². The Morgan fingerprint density at radius 3 is 2.75 bits per heavy atom. The summed E-state index contributed by atoms with van der Waals surface area (Å²) < 4.78 is 9.60. The van der Waals surface area contributed by atoms with E-state index in [1.54, 1.807) is 0 Å². The monoisotopic (exact) mass is 244 g/mol. The van der Waals surface area contributed by atoms with Gasteiger partial charge in [-0.25, -0.2) is 4.79 Å². The molecule has 5 nitrogen and oxygen atoms in total. The van der Waals surface area contributed by atoms with Gasteiger partial charge in [0.25, 0.3) is 0 Å². The predicted octanol–water partition coefficient (Wildman–Crippen LogP) is 1.96. The number of ether oxygens (including phenoxy) is 2. The van der Waals surface area contributed by atoms with Gasteiger partial charge in [0.1, 0.15) is 11.4 Å². The summed E-state index contributed by atoms with van der Waals surface area (Å²) in [6.07, 6.45) is 0. The van der Waals surface area contributed by atoms with Crippen molar-refractivity contribution in [1.29, 1.82) is 0 Å². The highest BCUT2D eigenvalue weighted by molar-refractivity contribution is 6.33. The molecular formula is C10H13ClN2O3. The number of nitrogens with one attached hydrogen (secondary N) is 1. The zero-order chi connectivity index (χ0) is 12.1. The summed E-state index contributed by atoms with van der Waals surface area (Å²) in [6, 6.07) is 1.47. The first-order chi connectivity index (χ1) is 7.63. The van der Waals surface area contributed by atoms with E-state index >= 15 is 0 Å². The van der Waals surface area contributed by atoms with Crippen LogP contribution in [0.15, 0.2) is 6.07 Å². The molecule has 1 N–H and O–H groups in total. The number of hydrogen-bond donors (Lipinski definition) is 1. The normalized spacial score (nSPS) is 9.75. The first kappa shape index (κ1) is 12.6. The molecule has 0 unspecified atom stereocenters. The molecule has 0 radical (unpaired) electrons. The van der Waals surface area contributed by atoms with E-state index in [-0.39, 0.29) is 11.4 Å². The van der Waals surface area contributed by atoms with Crippen LogP contribution in [0.3, 0.4) is 0 Å². The van der Waals surface area contributed by atoms with Crippen molar-refractivity contribution in [2.75, 3.05) is 26.1 Å². The zero-order valence-corrected chi connectivity index (χ0v) is 10.1. The molecule has 1 heterocycles. The van der Waals surface area contributed by atoms with E-state index < -0.39 is 5.97 Å². The van der Waals surface area contributed by atoms with Gasteiger partial charge in [-0.2, -0.15) is 4.98 Å². The molecule has 16 heavy (non-hydrogen) atoms. The van der Waals surface area contributed by atoms with Crippen molar-refractivity contribution in [3.05, 3.63) is 16.7 Å². The summed E-state index contributed by atoms with van der Waals surface area (Å²) in [7, 11) is 2.71. The summed E-state index contributed by atoms with van der Waals surface area (Å²) in [5.41, 5.74) is 0.205. The van der Waals surface area contributed by atoms with Crippen molar-refractivity contribution in [2.24, 2.45) is 0 Å². The number of rotatable bonds is 4. The molecule has 0 bridgehead atoms. The highest BCUT2D eigenvalue weighted by Crippen LogP contribution is 2.27. The molecule has 0 atom stereocenters. The Balaban J connectivity index is 3.20. The summed E-state index contributed by atoms with van der Waals surface area (Å²) >= 11 is 5.95. The number of aromatic nitrogens is 1. The van der Waals surface area contributed by atoms with Crippen LogP contribution in [0.5, 0.6) is 5.88 Å². The fourth-order valence-electron chi connectivity index (χ4n) is 1.18. The van der Waals surface area contributed by atoms with E-state index in [1.807, 2.05) is 6.92 Å². The smallest absolute Gasteiger partial charge is 0.343 e. The third kappa shape index (κ3) is 2.55. The number of pyridine rings is 1. The van der Waals surface area contributed by atoms with E-state index in [9.17, 15) is 4.79 Å². The molecule has 0 saturated carbocycles. The topological polar surface area (TPSA) is 60.5 Å². The average molecular weight is 245 g/mol. The third-order valence-electron chi connectivity index (χ3n) is 1.88. The highest BCUT2D eigenvalue weighted by atomic mass is 35.5. The number of anilines is 1. The number of nitrogens with zero attached hydrogens (tertiary/aromatic N) is 1. The van der Waals surface area contributed by atoms with Gasteiger partial charge in [-0.1, -0.05) is 11.6 Å². The highest BCUT2D eigenvalue weighted by Gasteiger charge is 2.17. The standard InChI is InChI=1S/C10H13ClN2O3/c1-4-12-8-7(11)5-6(10(14)16-3)9(13-8)15-2/h5H,4H2,1-3H3,(H,12,13). The van der Waals surface area contributed by atoms with Crippen molar-refractivity contribution >= 4 is 23.4 Å². The number of halogens is 1. The Morgan fingerprint density at radius 1 is 1.56 bits per heavy atom. The Morgan fingerprint density at radius 2 is 2.25 bits per heavy atom. The maximum Gasteiger partial charge on any atom is 0.343 e. The minimum Gasteiger partial charge on any atom is -0.480 e. The molecule has 1 aromatic rings. The van der Waals surface area contributed by atoms with E-state index in [1.165, 1.54) is 20.3 Å². The second-order valence-corrected chi connectivity index (χ2v) is 3.30. The van der Waals surface area contributed by atoms with E-state index in [2.05, 4.69) is 15.0 Å². The molecule has 0 aliphatic heterocycles. The number of hydrogen-bond acceptors (Lipinski definition) is 5. The maximum atomic E-state index is 11.4. The van der Waals surface area contributed by atoms with Gasteiger partial charge in [0.2, 0.25) is 5.88 Å². The molecule has 1 rings (SSSR count). The van der Waals surface area contributed by atoms with Crippen LogP contribution in [0.1, 0.15) is 17.3 Å². The van der Waals surface area contributed by atoms with E-state index in [0.717, 1.165) is 0 Å². The summed E-state index contributed by atoms with van der Waals surface area (Å²) in [5, 5.41) is 3.31. The minimum atomic E-state index is -0.533. The molecular weight excluding hydrogens is 232 g/mol. The lowest BCUT2D eigenvalue weighted by Crippen LogP contribution is -2.08. The Bertz CT molecular complexity index is 396. The SMILES string of the molecule is CCNc1nc(OC)c(C(=O)OC)cc1Cl. The third-order valence-corrected chi connectivity index (χ3v) is 2.17. The van der Waals surface area contributed by atoms with Gasteiger partial charge in [0.15, 0.2) is 0 Å².